The van der Waals surface area contributed by atoms with Gasteiger partial charge in [0.05, 0.1) is 4.47 Å². The van der Waals surface area contributed by atoms with Crippen LogP contribution in [0.3, 0.4) is 0 Å². The van der Waals surface area contributed by atoms with E-state index in [1.165, 1.54) is 18.2 Å². The molecule has 0 radical (unpaired) electrons. The lowest BCUT2D eigenvalue weighted by Crippen LogP contribution is -2.13. The molecule has 1 aromatic heterocycles. The normalized spacial score (nSPS) is 10.1. The van der Waals surface area contributed by atoms with Gasteiger partial charge in [0.15, 0.2) is 11.5 Å². The van der Waals surface area contributed by atoms with Crippen LogP contribution in [-0.4, -0.2) is 21.1 Å². The summed E-state index contributed by atoms with van der Waals surface area (Å²) in [7, 11) is 0. The SMILES string of the molecule is O=C(Nc1ncccc1Br)c1ccc(O)c(O)c1. The van der Waals surface area contributed by atoms with E-state index in [4.69, 9.17) is 5.11 Å². The van der Waals surface area contributed by atoms with Crippen molar-refractivity contribution >= 4 is 27.7 Å². The monoisotopic (exact) mass is 308 g/mol. The molecular formula is C12H9BrN2O3. The maximum atomic E-state index is 11.9. The lowest BCUT2D eigenvalue weighted by atomic mass is 10.2. The molecule has 1 aromatic carbocycles. The summed E-state index contributed by atoms with van der Waals surface area (Å²) in [6.45, 7) is 0. The van der Waals surface area contributed by atoms with Gasteiger partial charge in [0.25, 0.3) is 5.91 Å². The van der Waals surface area contributed by atoms with Crippen LogP contribution in [0, 0.1) is 0 Å². The zero-order chi connectivity index (χ0) is 13.1. The van der Waals surface area contributed by atoms with Crippen LogP contribution in [0.25, 0.3) is 0 Å². The van der Waals surface area contributed by atoms with E-state index in [-0.39, 0.29) is 17.1 Å². The van der Waals surface area contributed by atoms with Crippen molar-refractivity contribution in [1.29, 1.82) is 0 Å². The largest absolute Gasteiger partial charge is 0.504 e. The Morgan fingerprint density at radius 1 is 1.22 bits per heavy atom. The van der Waals surface area contributed by atoms with Crippen molar-refractivity contribution in [3.05, 3.63) is 46.6 Å². The van der Waals surface area contributed by atoms with Gasteiger partial charge in [-0.3, -0.25) is 4.79 Å². The lowest BCUT2D eigenvalue weighted by Gasteiger charge is -2.06. The van der Waals surface area contributed by atoms with Crippen LogP contribution in [0.4, 0.5) is 5.82 Å². The number of benzene rings is 1. The van der Waals surface area contributed by atoms with Crippen LogP contribution in [0.5, 0.6) is 11.5 Å². The Balaban J connectivity index is 2.22. The number of nitrogens with one attached hydrogen (secondary N) is 1. The van der Waals surface area contributed by atoms with Crippen LogP contribution in [0.1, 0.15) is 10.4 Å². The summed E-state index contributed by atoms with van der Waals surface area (Å²) in [5.41, 5.74) is 0.225. The first-order valence-corrected chi connectivity index (χ1v) is 5.81. The van der Waals surface area contributed by atoms with Crippen molar-refractivity contribution in [3.63, 3.8) is 0 Å². The number of aromatic hydroxyl groups is 2. The standard InChI is InChI=1S/C12H9BrN2O3/c13-8-2-1-5-14-11(8)15-12(18)7-3-4-9(16)10(17)6-7/h1-6,16-17H,(H,14,15,18). The molecule has 0 aliphatic carbocycles. The Kier molecular flexibility index (Phi) is 3.47. The average Bonchev–Trinajstić information content (AvgIpc) is 2.35. The van der Waals surface area contributed by atoms with Crippen molar-refractivity contribution in [1.82, 2.24) is 4.98 Å². The predicted molar refractivity (Wildman–Crippen MR) is 69.7 cm³/mol. The Labute approximate surface area is 111 Å². The molecule has 1 heterocycles. The van der Waals surface area contributed by atoms with Gasteiger partial charge >= 0.3 is 0 Å². The van der Waals surface area contributed by atoms with E-state index >= 15 is 0 Å². The van der Waals surface area contributed by atoms with Crippen molar-refractivity contribution in [3.8, 4) is 11.5 Å². The van der Waals surface area contributed by atoms with Gasteiger partial charge in [0.2, 0.25) is 0 Å². The molecule has 5 nitrogen and oxygen atoms in total. The van der Waals surface area contributed by atoms with E-state index in [9.17, 15) is 9.90 Å². The van der Waals surface area contributed by atoms with E-state index in [1.54, 1.807) is 18.3 Å². The maximum Gasteiger partial charge on any atom is 0.256 e. The number of pyridine rings is 1. The number of aromatic nitrogens is 1. The zero-order valence-corrected chi connectivity index (χ0v) is 10.7. The first-order valence-electron chi connectivity index (χ1n) is 5.02. The highest BCUT2D eigenvalue weighted by molar-refractivity contribution is 9.10. The number of phenolic OH excluding ortho intramolecular Hbond substituents is 2. The molecule has 2 rings (SSSR count). The summed E-state index contributed by atoms with van der Waals surface area (Å²) in [5.74, 6) is -0.659. The number of hydrogen-bond donors (Lipinski definition) is 3. The molecule has 0 bridgehead atoms. The summed E-state index contributed by atoms with van der Waals surface area (Å²) < 4.78 is 0.654. The maximum absolute atomic E-state index is 11.9. The average molecular weight is 309 g/mol. The molecule has 0 aliphatic heterocycles. The number of halogens is 1. The minimum Gasteiger partial charge on any atom is -0.504 e. The summed E-state index contributed by atoms with van der Waals surface area (Å²) in [5, 5.41) is 21.1. The third kappa shape index (κ3) is 2.60. The van der Waals surface area contributed by atoms with Gasteiger partial charge in [0.1, 0.15) is 5.82 Å². The Morgan fingerprint density at radius 3 is 2.67 bits per heavy atom. The van der Waals surface area contributed by atoms with E-state index in [0.29, 0.717) is 10.3 Å². The molecule has 2 aromatic rings. The van der Waals surface area contributed by atoms with E-state index in [1.807, 2.05) is 0 Å². The molecule has 3 N–H and O–H groups in total. The fourth-order valence-corrected chi connectivity index (χ4v) is 1.68. The van der Waals surface area contributed by atoms with Gasteiger partial charge in [-0.2, -0.15) is 0 Å². The minimum absolute atomic E-state index is 0.225. The highest BCUT2D eigenvalue weighted by atomic mass is 79.9. The summed E-state index contributed by atoms with van der Waals surface area (Å²) in [4.78, 5) is 15.9. The molecule has 0 aliphatic rings. The quantitative estimate of drug-likeness (QED) is 0.744. The first-order chi connectivity index (χ1) is 8.58. The van der Waals surface area contributed by atoms with Gasteiger partial charge in [-0.25, -0.2) is 4.98 Å². The van der Waals surface area contributed by atoms with Gasteiger partial charge < -0.3 is 15.5 Å². The van der Waals surface area contributed by atoms with Crippen molar-refractivity contribution in [2.45, 2.75) is 0 Å². The summed E-state index contributed by atoms with van der Waals surface area (Å²) >= 11 is 3.26. The Bertz CT molecular complexity index is 602. The Hall–Kier alpha value is -2.08. The number of carbonyl (C=O) groups excluding carboxylic acids is 1. The van der Waals surface area contributed by atoms with Gasteiger partial charge in [-0.05, 0) is 46.3 Å². The number of nitrogens with zero attached hydrogens (tertiary/aromatic N) is 1. The number of phenols is 2. The van der Waals surface area contributed by atoms with Crippen LogP contribution in [0.15, 0.2) is 41.0 Å². The van der Waals surface area contributed by atoms with Crippen molar-refractivity contribution < 1.29 is 15.0 Å². The first kappa shape index (κ1) is 12.4. The van der Waals surface area contributed by atoms with E-state index in [0.717, 1.165) is 0 Å². The molecule has 0 saturated heterocycles. The summed E-state index contributed by atoms with van der Waals surface area (Å²) in [6, 6.07) is 7.31. The number of anilines is 1. The molecule has 92 valence electrons. The zero-order valence-electron chi connectivity index (χ0n) is 9.09. The molecule has 0 fully saturated rings. The fraction of sp³-hybridized carbons (Fsp3) is 0. The second kappa shape index (κ2) is 5.05. The molecule has 0 unspecified atom stereocenters. The minimum atomic E-state index is -0.426. The topological polar surface area (TPSA) is 82.5 Å². The number of hydrogen-bond acceptors (Lipinski definition) is 4. The molecule has 0 spiro atoms. The molecule has 18 heavy (non-hydrogen) atoms. The van der Waals surface area contributed by atoms with E-state index in [2.05, 4.69) is 26.2 Å². The lowest BCUT2D eigenvalue weighted by molar-refractivity contribution is 0.102. The molecular weight excluding hydrogens is 300 g/mol. The number of rotatable bonds is 2. The van der Waals surface area contributed by atoms with Crippen molar-refractivity contribution in [2.75, 3.05) is 5.32 Å². The molecule has 1 amide bonds. The second-order valence-corrected chi connectivity index (χ2v) is 4.35. The fourth-order valence-electron chi connectivity index (χ4n) is 1.32. The van der Waals surface area contributed by atoms with Crippen LogP contribution >= 0.6 is 15.9 Å². The third-order valence-corrected chi connectivity index (χ3v) is 2.87. The molecule has 0 atom stereocenters. The highest BCUT2D eigenvalue weighted by Crippen LogP contribution is 2.25. The third-order valence-electron chi connectivity index (χ3n) is 2.23. The van der Waals surface area contributed by atoms with Crippen LogP contribution < -0.4 is 5.32 Å². The second-order valence-electron chi connectivity index (χ2n) is 3.49. The van der Waals surface area contributed by atoms with Crippen molar-refractivity contribution in [2.24, 2.45) is 0 Å². The van der Waals surface area contributed by atoms with E-state index < -0.39 is 5.91 Å². The molecule has 0 saturated carbocycles. The Morgan fingerprint density at radius 2 is 2.00 bits per heavy atom. The molecule has 6 heteroatoms. The smallest absolute Gasteiger partial charge is 0.256 e. The summed E-state index contributed by atoms with van der Waals surface area (Å²) in [6.07, 6.45) is 1.55. The number of amides is 1. The predicted octanol–water partition coefficient (Wildman–Crippen LogP) is 2.51. The van der Waals surface area contributed by atoms with Crippen LogP contribution in [-0.2, 0) is 0 Å². The van der Waals surface area contributed by atoms with Gasteiger partial charge in [-0.1, -0.05) is 0 Å². The highest BCUT2D eigenvalue weighted by Gasteiger charge is 2.11. The van der Waals surface area contributed by atoms with Gasteiger partial charge in [0, 0.05) is 11.8 Å². The van der Waals surface area contributed by atoms with Gasteiger partial charge in [-0.15, -0.1) is 0 Å². The van der Waals surface area contributed by atoms with Crippen LogP contribution in [0.2, 0.25) is 0 Å². The number of carbonyl (C=O) groups is 1.